The molecule has 2 aromatic rings. The number of hydrogen-bond acceptors (Lipinski definition) is 4. The molecule has 1 aliphatic heterocycles. The van der Waals surface area contributed by atoms with Gasteiger partial charge in [0.15, 0.2) is 0 Å². The summed E-state index contributed by atoms with van der Waals surface area (Å²) in [5.41, 5.74) is 2.86. The van der Waals surface area contributed by atoms with Crippen molar-refractivity contribution in [1.29, 1.82) is 0 Å². The molecular weight excluding hydrogens is 366 g/mol. The normalized spacial score (nSPS) is 16.9. The lowest BCUT2D eigenvalue weighted by atomic mass is 10.0. The highest BCUT2D eigenvalue weighted by Crippen LogP contribution is 2.24. The number of ether oxygens (including phenoxy) is 2. The number of aliphatic hydroxyl groups is 1. The van der Waals surface area contributed by atoms with Crippen molar-refractivity contribution >= 4 is 5.97 Å². The molecule has 2 aromatic carbocycles. The summed E-state index contributed by atoms with van der Waals surface area (Å²) in [6.45, 7) is 4.54. The fraction of sp³-hybridized carbons (Fsp3) is 0.458. The number of nitrogens with zero attached hydrogens (tertiary/aromatic N) is 1. The van der Waals surface area contributed by atoms with Crippen LogP contribution in [0.2, 0.25) is 0 Å². The lowest BCUT2D eigenvalue weighted by Crippen LogP contribution is -2.55. The quantitative estimate of drug-likeness (QED) is 0.518. The second-order valence-corrected chi connectivity index (χ2v) is 8.03. The zero-order valence-electron chi connectivity index (χ0n) is 17.3. The summed E-state index contributed by atoms with van der Waals surface area (Å²) in [5, 5.41) is 10.7. The molecule has 0 bridgehead atoms. The van der Waals surface area contributed by atoms with Crippen molar-refractivity contribution in [2.24, 2.45) is 0 Å². The molecule has 5 heteroatoms. The van der Waals surface area contributed by atoms with Crippen molar-refractivity contribution in [1.82, 2.24) is 0 Å². The predicted octanol–water partition coefficient (Wildman–Crippen LogP) is 3.55. The van der Waals surface area contributed by atoms with E-state index < -0.39 is 6.10 Å². The Kier molecular flexibility index (Phi) is 7.81. The van der Waals surface area contributed by atoms with Crippen molar-refractivity contribution in [3.63, 3.8) is 0 Å². The summed E-state index contributed by atoms with van der Waals surface area (Å²) < 4.78 is 11.4. The van der Waals surface area contributed by atoms with E-state index in [0.717, 1.165) is 29.7 Å². The molecule has 29 heavy (non-hydrogen) atoms. The van der Waals surface area contributed by atoms with E-state index in [2.05, 4.69) is 0 Å². The summed E-state index contributed by atoms with van der Waals surface area (Å²) in [4.78, 5) is 11.7. The summed E-state index contributed by atoms with van der Waals surface area (Å²) in [7, 11) is 1.39. The van der Waals surface area contributed by atoms with Gasteiger partial charge in [0.25, 0.3) is 0 Å². The first-order valence-electron chi connectivity index (χ1n) is 10.4. The number of rotatable bonds is 9. The lowest BCUT2D eigenvalue weighted by Gasteiger charge is -2.43. The largest absolute Gasteiger partial charge is 0.465 e. The highest BCUT2D eigenvalue weighted by Gasteiger charge is 2.32. The van der Waals surface area contributed by atoms with Gasteiger partial charge in [-0.3, -0.25) is 0 Å². The number of esters is 1. The fourth-order valence-corrected chi connectivity index (χ4v) is 4.23. The molecule has 0 aliphatic carbocycles. The van der Waals surface area contributed by atoms with Gasteiger partial charge in [-0.25, -0.2) is 4.79 Å². The Morgan fingerprint density at radius 3 is 2.34 bits per heavy atom. The number of benzene rings is 2. The van der Waals surface area contributed by atoms with Gasteiger partial charge >= 0.3 is 5.97 Å². The molecule has 1 N–H and O–H groups in total. The van der Waals surface area contributed by atoms with Crippen molar-refractivity contribution in [3.8, 4) is 0 Å². The molecule has 0 amide bonds. The van der Waals surface area contributed by atoms with Crippen LogP contribution in [-0.4, -0.2) is 55.0 Å². The topological polar surface area (TPSA) is 55.8 Å². The van der Waals surface area contributed by atoms with Gasteiger partial charge in [0.2, 0.25) is 0 Å². The minimum absolute atomic E-state index is 0.315. The third kappa shape index (κ3) is 6.39. The maximum absolute atomic E-state index is 11.7. The first-order valence-corrected chi connectivity index (χ1v) is 10.4. The van der Waals surface area contributed by atoms with E-state index in [-0.39, 0.29) is 5.97 Å². The summed E-state index contributed by atoms with van der Waals surface area (Å²) >= 11 is 0. The molecule has 0 spiro atoms. The van der Waals surface area contributed by atoms with E-state index in [1.165, 1.54) is 31.9 Å². The maximum Gasteiger partial charge on any atom is 0.337 e. The van der Waals surface area contributed by atoms with Crippen molar-refractivity contribution in [2.45, 2.75) is 38.5 Å². The summed E-state index contributed by atoms with van der Waals surface area (Å²) in [5.74, 6) is -0.315. The Balaban J connectivity index is 1.58. The Morgan fingerprint density at radius 1 is 1.00 bits per heavy atom. The van der Waals surface area contributed by atoms with Gasteiger partial charge < -0.3 is 19.1 Å². The van der Waals surface area contributed by atoms with Crippen LogP contribution in [0.25, 0.3) is 0 Å². The molecule has 1 atom stereocenters. The Hall–Kier alpha value is -2.21. The zero-order chi connectivity index (χ0) is 20.5. The smallest absolute Gasteiger partial charge is 0.337 e. The molecule has 0 aromatic heterocycles. The second kappa shape index (κ2) is 10.5. The van der Waals surface area contributed by atoms with Crippen molar-refractivity contribution < 1.29 is 23.9 Å². The molecular formula is C24H32NO4+. The average Bonchev–Trinajstić information content (AvgIpc) is 2.75. The number of piperidine rings is 1. The Labute approximate surface area is 173 Å². The average molecular weight is 399 g/mol. The highest BCUT2D eigenvalue weighted by atomic mass is 16.5. The fourth-order valence-electron chi connectivity index (χ4n) is 4.23. The molecule has 1 aliphatic rings. The van der Waals surface area contributed by atoms with Gasteiger partial charge in [-0.1, -0.05) is 42.5 Å². The van der Waals surface area contributed by atoms with Crippen LogP contribution in [-0.2, 0) is 22.6 Å². The number of quaternary nitrogens is 1. The van der Waals surface area contributed by atoms with Crippen LogP contribution in [0, 0.1) is 0 Å². The minimum Gasteiger partial charge on any atom is -0.465 e. The van der Waals surface area contributed by atoms with E-state index in [1.807, 2.05) is 54.6 Å². The number of carbonyl (C=O) groups excluding carboxylic acids is 1. The monoisotopic (exact) mass is 398 g/mol. The van der Waals surface area contributed by atoms with Crippen LogP contribution in [0.5, 0.6) is 0 Å². The molecule has 0 unspecified atom stereocenters. The van der Waals surface area contributed by atoms with Gasteiger partial charge in [0.05, 0.1) is 39.0 Å². The number of methoxy groups -OCH3 is 1. The summed E-state index contributed by atoms with van der Waals surface area (Å²) in [6.07, 6.45) is 3.11. The van der Waals surface area contributed by atoms with Gasteiger partial charge in [-0.2, -0.15) is 0 Å². The first-order chi connectivity index (χ1) is 14.1. The standard InChI is InChI=1S/C24H32NO4/c1-28-24(27)22-12-10-20(11-13-22)16-25(14-6-3-7-15-25)17-23(26)19-29-18-21-8-4-2-5-9-21/h2,4-5,8-13,23,26H,3,6-7,14-19H2,1H3/q+1/t23-/m1/s1. The molecule has 1 heterocycles. The van der Waals surface area contributed by atoms with Gasteiger partial charge in [-0.15, -0.1) is 0 Å². The first kappa shape index (κ1) is 21.5. The van der Waals surface area contributed by atoms with E-state index in [9.17, 15) is 9.90 Å². The van der Waals surface area contributed by atoms with Gasteiger partial charge in [0, 0.05) is 5.56 Å². The summed E-state index contributed by atoms with van der Waals surface area (Å²) in [6, 6.07) is 17.7. The molecule has 0 radical (unpaired) electrons. The van der Waals surface area contributed by atoms with Gasteiger partial charge in [0.1, 0.15) is 19.2 Å². The van der Waals surface area contributed by atoms with Gasteiger partial charge in [-0.05, 0) is 37.0 Å². The number of aliphatic hydroxyl groups excluding tert-OH is 1. The SMILES string of the molecule is COC(=O)c1ccc(C[N+]2(C[C@@H](O)COCc3ccccc3)CCCCC2)cc1. The lowest BCUT2D eigenvalue weighted by molar-refractivity contribution is -0.947. The van der Waals surface area contributed by atoms with Crippen LogP contribution in [0.1, 0.15) is 40.7 Å². The molecule has 1 saturated heterocycles. The molecule has 5 nitrogen and oxygen atoms in total. The highest BCUT2D eigenvalue weighted by molar-refractivity contribution is 5.89. The van der Waals surface area contributed by atoms with Crippen LogP contribution in [0.4, 0.5) is 0 Å². The maximum atomic E-state index is 11.7. The minimum atomic E-state index is -0.494. The Morgan fingerprint density at radius 2 is 1.69 bits per heavy atom. The van der Waals surface area contributed by atoms with Crippen LogP contribution in [0.15, 0.2) is 54.6 Å². The van der Waals surface area contributed by atoms with Crippen LogP contribution >= 0.6 is 0 Å². The number of carbonyl (C=O) groups is 1. The molecule has 3 rings (SSSR count). The molecule has 0 saturated carbocycles. The van der Waals surface area contributed by atoms with E-state index >= 15 is 0 Å². The van der Waals surface area contributed by atoms with Crippen LogP contribution < -0.4 is 0 Å². The van der Waals surface area contributed by atoms with Crippen molar-refractivity contribution in [3.05, 3.63) is 71.3 Å². The number of likely N-dealkylation sites (tertiary alicyclic amines) is 1. The van der Waals surface area contributed by atoms with Crippen LogP contribution in [0.3, 0.4) is 0 Å². The van der Waals surface area contributed by atoms with E-state index in [4.69, 9.17) is 9.47 Å². The number of hydrogen-bond donors (Lipinski definition) is 1. The predicted molar refractivity (Wildman–Crippen MR) is 112 cm³/mol. The molecule has 156 valence electrons. The third-order valence-corrected chi connectivity index (χ3v) is 5.68. The molecule has 1 fully saturated rings. The third-order valence-electron chi connectivity index (χ3n) is 5.68. The van der Waals surface area contributed by atoms with E-state index in [1.54, 1.807) is 0 Å². The van der Waals surface area contributed by atoms with E-state index in [0.29, 0.717) is 25.3 Å². The van der Waals surface area contributed by atoms with Crippen molar-refractivity contribution in [2.75, 3.05) is 33.4 Å². The zero-order valence-corrected chi connectivity index (χ0v) is 17.3. The second-order valence-electron chi connectivity index (χ2n) is 8.03. The Bertz CT molecular complexity index is 754.